The van der Waals surface area contributed by atoms with Crippen LogP contribution in [0.15, 0.2) is 22.2 Å². The number of rotatable bonds is 5. The number of piperidine rings is 1. The zero-order valence-electron chi connectivity index (χ0n) is 12.6. The number of aromatic nitrogens is 2. The molecule has 0 radical (unpaired) electrons. The first-order chi connectivity index (χ1) is 10.2. The zero-order chi connectivity index (χ0) is 14.7. The van der Waals surface area contributed by atoms with Gasteiger partial charge in [-0.2, -0.15) is 0 Å². The van der Waals surface area contributed by atoms with Crippen LogP contribution in [0.3, 0.4) is 0 Å². The van der Waals surface area contributed by atoms with Gasteiger partial charge in [0.1, 0.15) is 0 Å². The Morgan fingerprint density at radius 3 is 2.86 bits per heavy atom. The van der Waals surface area contributed by atoms with E-state index in [0.29, 0.717) is 12.0 Å². The third kappa shape index (κ3) is 3.63. The molecule has 0 unspecified atom stereocenters. The van der Waals surface area contributed by atoms with Crippen LogP contribution < -0.4 is 10.2 Å². The molecule has 1 fully saturated rings. The van der Waals surface area contributed by atoms with Gasteiger partial charge in [0.2, 0.25) is 0 Å². The summed E-state index contributed by atoms with van der Waals surface area (Å²) >= 11 is 1.72. The molecule has 21 heavy (non-hydrogen) atoms. The average Bonchev–Trinajstić information content (AvgIpc) is 3.17. The van der Waals surface area contributed by atoms with Gasteiger partial charge in [0.15, 0.2) is 10.9 Å². The summed E-state index contributed by atoms with van der Waals surface area (Å²) in [5.74, 6) is 1.35. The molecule has 5 nitrogen and oxygen atoms in total. The van der Waals surface area contributed by atoms with Crippen LogP contribution in [0.1, 0.15) is 44.1 Å². The van der Waals surface area contributed by atoms with Crippen molar-refractivity contribution in [3.8, 4) is 0 Å². The number of anilines is 1. The largest absolute Gasteiger partial charge is 0.360 e. The van der Waals surface area contributed by atoms with Crippen molar-refractivity contribution in [3.05, 3.63) is 29.1 Å². The van der Waals surface area contributed by atoms with E-state index in [0.717, 1.165) is 49.1 Å². The van der Waals surface area contributed by atoms with Crippen molar-refractivity contribution in [3.63, 3.8) is 0 Å². The summed E-state index contributed by atoms with van der Waals surface area (Å²) in [5.41, 5.74) is 1.03. The van der Waals surface area contributed by atoms with Gasteiger partial charge < -0.3 is 14.7 Å². The van der Waals surface area contributed by atoms with E-state index in [9.17, 15) is 0 Å². The molecule has 2 aromatic rings. The smallest absolute Gasteiger partial charge is 0.185 e. The predicted molar refractivity (Wildman–Crippen MR) is 84.8 cm³/mol. The molecule has 1 N–H and O–H groups in total. The Bertz CT molecular complexity index is 544. The number of hydrogen-bond donors (Lipinski definition) is 1. The van der Waals surface area contributed by atoms with Gasteiger partial charge in [0, 0.05) is 36.8 Å². The van der Waals surface area contributed by atoms with E-state index >= 15 is 0 Å². The summed E-state index contributed by atoms with van der Waals surface area (Å²) in [7, 11) is 0. The lowest BCUT2D eigenvalue weighted by Crippen LogP contribution is -2.42. The molecule has 0 spiro atoms. The van der Waals surface area contributed by atoms with Crippen molar-refractivity contribution in [2.45, 2.75) is 45.2 Å². The fourth-order valence-corrected chi connectivity index (χ4v) is 3.27. The first kappa shape index (κ1) is 14.5. The van der Waals surface area contributed by atoms with Gasteiger partial charge in [-0.15, -0.1) is 11.3 Å². The minimum Gasteiger partial charge on any atom is -0.360 e. The monoisotopic (exact) mass is 306 g/mol. The van der Waals surface area contributed by atoms with Crippen LogP contribution in [0.25, 0.3) is 0 Å². The van der Waals surface area contributed by atoms with Gasteiger partial charge in [0.05, 0.1) is 12.2 Å². The summed E-state index contributed by atoms with van der Waals surface area (Å²) in [6, 6.07) is 2.61. The Labute approximate surface area is 129 Å². The number of hydrogen-bond acceptors (Lipinski definition) is 6. The molecular weight excluding hydrogens is 284 g/mol. The lowest BCUT2D eigenvalue weighted by Gasteiger charge is -2.32. The van der Waals surface area contributed by atoms with Gasteiger partial charge in [0.25, 0.3) is 0 Å². The third-order valence-corrected chi connectivity index (χ3v) is 4.75. The zero-order valence-corrected chi connectivity index (χ0v) is 13.4. The molecule has 3 heterocycles. The van der Waals surface area contributed by atoms with E-state index in [1.165, 1.54) is 0 Å². The lowest BCUT2D eigenvalue weighted by atomic mass is 10.1. The maximum Gasteiger partial charge on any atom is 0.185 e. The minimum absolute atomic E-state index is 0.420. The highest BCUT2D eigenvalue weighted by molar-refractivity contribution is 7.13. The quantitative estimate of drug-likeness (QED) is 0.920. The first-order valence-electron chi connectivity index (χ1n) is 7.55. The van der Waals surface area contributed by atoms with E-state index < -0.39 is 0 Å². The normalized spacial score (nSPS) is 16.8. The molecule has 114 valence electrons. The maximum absolute atomic E-state index is 5.37. The predicted octanol–water partition coefficient (Wildman–Crippen LogP) is 3.01. The Morgan fingerprint density at radius 2 is 2.24 bits per heavy atom. The van der Waals surface area contributed by atoms with Crippen molar-refractivity contribution in [2.75, 3.05) is 18.0 Å². The lowest BCUT2D eigenvalue weighted by molar-refractivity contribution is 0.342. The van der Waals surface area contributed by atoms with Crippen molar-refractivity contribution < 1.29 is 4.52 Å². The SMILES string of the molecule is CC(C)c1cc(CNC2CCN(c3nccs3)CC2)on1. The number of nitrogens with one attached hydrogen (secondary N) is 1. The second kappa shape index (κ2) is 6.58. The van der Waals surface area contributed by atoms with Gasteiger partial charge in [-0.3, -0.25) is 0 Å². The maximum atomic E-state index is 5.37. The molecule has 1 saturated heterocycles. The second-order valence-electron chi connectivity index (χ2n) is 5.83. The van der Waals surface area contributed by atoms with Crippen LogP contribution in [0.5, 0.6) is 0 Å². The van der Waals surface area contributed by atoms with E-state index in [2.05, 4.69) is 40.3 Å². The Kier molecular flexibility index (Phi) is 4.55. The molecule has 0 bridgehead atoms. The Hall–Kier alpha value is -1.40. The molecule has 0 atom stereocenters. The highest BCUT2D eigenvalue weighted by Crippen LogP contribution is 2.22. The first-order valence-corrected chi connectivity index (χ1v) is 8.43. The molecule has 0 saturated carbocycles. The van der Waals surface area contributed by atoms with Gasteiger partial charge >= 0.3 is 0 Å². The fourth-order valence-electron chi connectivity index (χ4n) is 2.58. The average molecular weight is 306 g/mol. The van der Waals surface area contributed by atoms with Crippen molar-refractivity contribution in [2.24, 2.45) is 0 Å². The van der Waals surface area contributed by atoms with Crippen molar-refractivity contribution >= 4 is 16.5 Å². The molecule has 0 amide bonds. The third-order valence-electron chi connectivity index (χ3n) is 3.92. The number of thiazole rings is 1. The van der Waals surface area contributed by atoms with Crippen LogP contribution >= 0.6 is 11.3 Å². The molecule has 2 aromatic heterocycles. The molecule has 1 aliphatic rings. The topological polar surface area (TPSA) is 54.2 Å². The van der Waals surface area contributed by atoms with E-state index in [1.54, 1.807) is 11.3 Å². The molecular formula is C15H22N4OS. The number of nitrogens with zero attached hydrogens (tertiary/aromatic N) is 3. The Morgan fingerprint density at radius 1 is 1.43 bits per heavy atom. The molecule has 3 rings (SSSR count). The second-order valence-corrected chi connectivity index (χ2v) is 6.70. The molecule has 1 aliphatic heterocycles. The minimum atomic E-state index is 0.420. The summed E-state index contributed by atoms with van der Waals surface area (Å²) in [4.78, 5) is 6.75. The van der Waals surface area contributed by atoms with Gasteiger partial charge in [-0.05, 0) is 18.8 Å². The van der Waals surface area contributed by atoms with Crippen LogP contribution in [0.4, 0.5) is 5.13 Å². The van der Waals surface area contributed by atoms with Crippen LogP contribution in [-0.2, 0) is 6.54 Å². The van der Waals surface area contributed by atoms with E-state index in [4.69, 9.17) is 4.52 Å². The highest BCUT2D eigenvalue weighted by Gasteiger charge is 2.20. The Balaban J connectivity index is 1.45. The van der Waals surface area contributed by atoms with Crippen molar-refractivity contribution in [1.82, 2.24) is 15.5 Å². The van der Waals surface area contributed by atoms with Crippen LogP contribution in [0.2, 0.25) is 0 Å². The molecule has 0 aliphatic carbocycles. The summed E-state index contributed by atoms with van der Waals surface area (Å²) < 4.78 is 5.37. The van der Waals surface area contributed by atoms with Gasteiger partial charge in [-0.1, -0.05) is 19.0 Å². The summed E-state index contributed by atoms with van der Waals surface area (Å²) in [5, 5.41) is 10.9. The fraction of sp³-hybridized carbons (Fsp3) is 0.600. The highest BCUT2D eigenvalue weighted by atomic mass is 32.1. The van der Waals surface area contributed by atoms with Crippen LogP contribution in [0, 0.1) is 0 Å². The van der Waals surface area contributed by atoms with E-state index in [1.807, 2.05) is 11.6 Å². The van der Waals surface area contributed by atoms with Crippen molar-refractivity contribution in [1.29, 1.82) is 0 Å². The molecule has 0 aromatic carbocycles. The molecule has 6 heteroatoms. The summed E-state index contributed by atoms with van der Waals surface area (Å²) in [6.07, 6.45) is 4.16. The summed E-state index contributed by atoms with van der Waals surface area (Å²) in [6.45, 7) is 7.16. The van der Waals surface area contributed by atoms with Crippen LogP contribution in [-0.4, -0.2) is 29.3 Å². The standard InChI is InChI=1S/C15H22N4OS/c1-11(2)14-9-13(20-18-14)10-17-12-3-6-19(7-4-12)15-16-5-8-21-15/h5,8-9,11-12,17H,3-4,6-7,10H2,1-2H3. The van der Waals surface area contributed by atoms with E-state index in [-0.39, 0.29) is 0 Å². The van der Waals surface area contributed by atoms with Gasteiger partial charge in [-0.25, -0.2) is 4.98 Å².